The van der Waals surface area contributed by atoms with Crippen molar-refractivity contribution in [3.05, 3.63) is 34.9 Å². The number of likely N-dealkylation sites (tertiary alicyclic amines) is 1. The molecule has 1 N–H and O–H groups in total. The molecule has 0 aliphatic carbocycles. The Balaban J connectivity index is 1.68. The Morgan fingerprint density at radius 2 is 1.91 bits per heavy atom. The van der Waals surface area contributed by atoms with Gasteiger partial charge in [0.05, 0.1) is 6.61 Å². The Labute approximate surface area is 141 Å². The summed E-state index contributed by atoms with van der Waals surface area (Å²) >= 11 is 5.84. The van der Waals surface area contributed by atoms with Crippen LogP contribution in [0.25, 0.3) is 0 Å². The monoisotopic (exact) mass is 338 g/mol. The van der Waals surface area contributed by atoms with Crippen LogP contribution in [0.3, 0.4) is 0 Å². The summed E-state index contributed by atoms with van der Waals surface area (Å²) in [5, 5.41) is 3.75. The third kappa shape index (κ3) is 5.75. The summed E-state index contributed by atoms with van der Waals surface area (Å²) in [5.41, 5.74) is 1.10. The number of benzene rings is 1. The third-order valence-electron chi connectivity index (χ3n) is 3.94. The summed E-state index contributed by atoms with van der Waals surface area (Å²) in [6.45, 7) is 3.44. The highest BCUT2D eigenvalue weighted by atomic mass is 35.5. The van der Waals surface area contributed by atoms with Crippen LogP contribution in [0.2, 0.25) is 5.02 Å². The fourth-order valence-corrected chi connectivity index (χ4v) is 2.76. The third-order valence-corrected chi connectivity index (χ3v) is 4.19. The van der Waals surface area contributed by atoms with Crippen molar-refractivity contribution in [1.82, 2.24) is 10.2 Å². The van der Waals surface area contributed by atoms with E-state index in [-0.39, 0.29) is 18.0 Å². The van der Waals surface area contributed by atoms with Crippen molar-refractivity contribution in [2.75, 3.05) is 19.7 Å². The molecule has 2 rings (SSSR count). The fraction of sp³-hybridized carbons (Fsp3) is 0.529. The lowest BCUT2D eigenvalue weighted by molar-refractivity contribution is -0.122. The molecule has 0 aromatic heterocycles. The Morgan fingerprint density at radius 3 is 2.52 bits per heavy atom. The molecule has 1 fully saturated rings. The summed E-state index contributed by atoms with van der Waals surface area (Å²) in [5.74, 6) is 0.0505. The Bertz CT molecular complexity index is 525. The van der Waals surface area contributed by atoms with Gasteiger partial charge in [0, 0.05) is 30.6 Å². The van der Waals surface area contributed by atoms with Crippen molar-refractivity contribution < 1.29 is 14.3 Å². The van der Waals surface area contributed by atoms with Gasteiger partial charge in [0.25, 0.3) is 0 Å². The van der Waals surface area contributed by atoms with Crippen LogP contribution in [0.1, 0.15) is 31.7 Å². The lowest BCUT2D eigenvalue weighted by atomic mass is 10.0. The van der Waals surface area contributed by atoms with Gasteiger partial charge in [0.15, 0.2) is 0 Å². The molecule has 1 aliphatic heterocycles. The molecule has 5 nitrogen and oxygen atoms in total. The Morgan fingerprint density at radius 1 is 1.26 bits per heavy atom. The molecule has 1 aromatic carbocycles. The molecular formula is C17H23ClN2O3. The van der Waals surface area contributed by atoms with E-state index in [0.717, 1.165) is 18.4 Å². The smallest absolute Gasteiger partial charge is 0.409 e. The van der Waals surface area contributed by atoms with Crippen molar-refractivity contribution in [2.45, 2.75) is 38.6 Å². The van der Waals surface area contributed by atoms with Gasteiger partial charge in [-0.1, -0.05) is 23.7 Å². The van der Waals surface area contributed by atoms with E-state index < -0.39 is 0 Å². The zero-order valence-electron chi connectivity index (χ0n) is 13.4. The van der Waals surface area contributed by atoms with E-state index >= 15 is 0 Å². The molecule has 1 aromatic rings. The van der Waals surface area contributed by atoms with Gasteiger partial charge < -0.3 is 15.0 Å². The Hall–Kier alpha value is -1.75. The summed E-state index contributed by atoms with van der Waals surface area (Å²) in [6, 6.07) is 7.68. The van der Waals surface area contributed by atoms with Crippen LogP contribution in [0, 0.1) is 0 Å². The van der Waals surface area contributed by atoms with E-state index in [1.807, 2.05) is 24.3 Å². The quantitative estimate of drug-likeness (QED) is 0.897. The molecule has 0 spiro atoms. The van der Waals surface area contributed by atoms with Crippen LogP contribution in [-0.2, 0) is 16.0 Å². The maximum atomic E-state index is 12.0. The number of amides is 2. The highest BCUT2D eigenvalue weighted by Gasteiger charge is 2.24. The predicted octanol–water partition coefficient (Wildman–Crippen LogP) is 3.01. The zero-order chi connectivity index (χ0) is 16.7. The second kappa shape index (κ2) is 8.77. The van der Waals surface area contributed by atoms with Gasteiger partial charge >= 0.3 is 6.09 Å². The van der Waals surface area contributed by atoms with E-state index in [9.17, 15) is 9.59 Å². The van der Waals surface area contributed by atoms with Gasteiger partial charge in [-0.2, -0.15) is 0 Å². The van der Waals surface area contributed by atoms with Gasteiger partial charge in [0.1, 0.15) is 0 Å². The summed E-state index contributed by atoms with van der Waals surface area (Å²) in [6.07, 6.45) is 2.43. The number of piperidine rings is 1. The zero-order valence-corrected chi connectivity index (χ0v) is 14.1. The van der Waals surface area contributed by atoms with Crippen LogP contribution < -0.4 is 5.32 Å². The van der Waals surface area contributed by atoms with Gasteiger partial charge in [0.2, 0.25) is 5.91 Å². The van der Waals surface area contributed by atoms with Gasteiger partial charge in [-0.25, -0.2) is 4.79 Å². The fourth-order valence-electron chi connectivity index (χ4n) is 2.63. The maximum absolute atomic E-state index is 12.0. The SMILES string of the molecule is CCOC(=O)N1CCC(NC(=O)CCc2ccc(Cl)cc2)CC1. The number of rotatable bonds is 5. The molecule has 1 saturated heterocycles. The molecule has 1 aliphatic rings. The van der Waals surface area contributed by atoms with Crippen LogP contribution in [-0.4, -0.2) is 42.6 Å². The van der Waals surface area contributed by atoms with Crippen LogP contribution >= 0.6 is 11.6 Å². The standard InChI is InChI=1S/C17H23ClN2O3/c1-2-23-17(22)20-11-9-15(10-12-20)19-16(21)8-5-13-3-6-14(18)7-4-13/h3-4,6-7,15H,2,5,8-12H2,1H3,(H,19,21). The number of nitrogens with zero attached hydrogens (tertiary/aromatic N) is 1. The normalized spacial score (nSPS) is 15.3. The van der Waals surface area contributed by atoms with E-state index in [4.69, 9.17) is 16.3 Å². The number of carbonyl (C=O) groups is 2. The van der Waals surface area contributed by atoms with E-state index in [1.165, 1.54) is 0 Å². The van der Waals surface area contributed by atoms with Gasteiger partial charge in [-0.05, 0) is 43.9 Å². The lowest BCUT2D eigenvalue weighted by Crippen LogP contribution is -2.46. The van der Waals surface area contributed by atoms with Crippen molar-refractivity contribution in [1.29, 1.82) is 0 Å². The highest BCUT2D eigenvalue weighted by molar-refractivity contribution is 6.30. The first-order chi connectivity index (χ1) is 11.1. The van der Waals surface area contributed by atoms with Gasteiger partial charge in [-0.3, -0.25) is 4.79 Å². The molecule has 1 heterocycles. The second-order valence-corrected chi connectivity index (χ2v) is 6.09. The number of halogens is 1. The first-order valence-electron chi connectivity index (χ1n) is 8.04. The number of hydrogen-bond acceptors (Lipinski definition) is 3. The molecule has 0 atom stereocenters. The maximum Gasteiger partial charge on any atom is 0.409 e. The molecule has 0 radical (unpaired) electrons. The average molecular weight is 339 g/mol. The molecule has 0 unspecified atom stereocenters. The average Bonchev–Trinajstić information content (AvgIpc) is 2.55. The van der Waals surface area contributed by atoms with Crippen LogP contribution in [0.4, 0.5) is 4.79 Å². The lowest BCUT2D eigenvalue weighted by Gasteiger charge is -2.31. The number of aryl methyl sites for hydroxylation is 1. The molecule has 2 amide bonds. The van der Waals surface area contributed by atoms with Gasteiger partial charge in [-0.15, -0.1) is 0 Å². The first kappa shape index (κ1) is 17.6. The largest absolute Gasteiger partial charge is 0.450 e. The molecule has 126 valence electrons. The van der Waals surface area contributed by atoms with Crippen LogP contribution in [0.15, 0.2) is 24.3 Å². The summed E-state index contributed by atoms with van der Waals surface area (Å²) in [4.78, 5) is 25.3. The number of ether oxygens (including phenoxy) is 1. The van der Waals surface area contributed by atoms with Crippen LogP contribution in [0.5, 0.6) is 0 Å². The predicted molar refractivity (Wildman–Crippen MR) is 89.5 cm³/mol. The van der Waals surface area contributed by atoms with E-state index in [2.05, 4.69) is 5.32 Å². The minimum atomic E-state index is -0.264. The topological polar surface area (TPSA) is 58.6 Å². The van der Waals surface area contributed by atoms with Crippen molar-refractivity contribution in [3.8, 4) is 0 Å². The van der Waals surface area contributed by atoms with Crippen molar-refractivity contribution in [2.24, 2.45) is 0 Å². The first-order valence-corrected chi connectivity index (χ1v) is 8.41. The Kier molecular flexibility index (Phi) is 6.71. The minimum Gasteiger partial charge on any atom is -0.450 e. The van der Waals surface area contributed by atoms with Crippen molar-refractivity contribution >= 4 is 23.6 Å². The van der Waals surface area contributed by atoms with E-state index in [1.54, 1.807) is 11.8 Å². The minimum absolute atomic E-state index is 0.0505. The molecule has 23 heavy (non-hydrogen) atoms. The van der Waals surface area contributed by atoms with Crippen molar-refractivity contribution in [3.63, 3.8) is 0 Å². The molecule has 0 bridgehead atoms. The molecule has 6 heteroatoms. The second-order valence-electron chi connectivity index (χ2n) is 5.65. The number of nitrogens with one attached hydrogen (secondary N) is 1. The van der Waals surface area contributed by atoms with E-state index in [0.29, 0.717) is 37.6 Å². The summed E-state index contributed by atoms with van der Waals surface area (Å²) < 4.78 is 4.98. The molecule has 0 saturated carbocycles. The number of carbonyl (C=O) groups excluding carboxylic acids is 2. The highest BCUT2D eigenvalue weighted by Crippen LogP contribution is 2.13. The molecular weight excluding hydrogens is 316 g/mol. The number of hydrogen-bond donors (Lipinski definition) is 1. The summed E-state index contributed by atoms with van der Waals surface area (Å²) in [7, 11) is 0.